The lowest BCUT2D eigenvalue weighted by atomic mass is 10.2. The van der Waals surface area contributed by atoms with Crippen molar-refractivity contribution in [3.8, 4) is 5.88 Å². The van der Waals surface area contributed by atoms with Gasteiger partial charge in [-0.15, -0.1) is 11.8 Å². The molecule has 0 atom stereocenters. The maximum absolute atomic E-state index is 12.9. The molecule has 25 heavy (non-hydrogen) atoms. The normalized spacial score (nSPS) is 15.6. The molecule has 1 aliphatic heterocycles. The fraction of sp³-hybridized carbons (Fsp3) is 0.235. The Morgan fingerprint density at radius 3 is 2.96 bits per heavy atom. The van der Waals surface area contributed by atoms with Crippen molar-refractivity contribution in [3.63, 3.8) is 0 Å². The van der Waals surface area contributed by atoms with Crippen molar-refractivity contribution in [2.75, 3.05) is 25.7 Å². The van der Waals surface area contributed by atoms with Crippen LogP contribution in [0.15, 0.2) is 45.1 Å². The summed E-state index contributed by atoms with van der Waals surface area (Å²) in [6.07, 6.45) is 5.55. The number of benzene rings is 1. The zero-order valence-electron chi connectivity index (χ0n) is 13.7. The van der Waals surface area contributed by atoms with E-state index >= 15 is 0 Å². The lowest BCUT2D eigenvalue weighted by Crippen LogP contribution is -2.27. The number of hydrogen-bond donors (Lipinski definition) is 0. The van der Waals surface area contributed by atoms with Gasteiger partial charge in [-0.1, -0.05) is 23.9 Å². The minimum Gasteiger partial charge on any atom is -0.480 e. The predicted molar refractivity (Wildman–Crippen MR) is 106 cm³/mol. The van der Waals surface area contributed by atoms with E-state index in [1.54, 1.807) is 30.0 Å². The number of aromatic nitrogens is 2. The highest BCUT2D eigenvalue weighted by atomic mass is 79.9. The van der Waals surface area contributed by atoms with Crippen LogP contribution in [0.4, 0.5) is 0 Å². The quantitative estimate of drug-likeness (QED) is 0.528. The third-order valence-electron chi connectivity index (χ3n) is 3.59. The first-order valence-electron chi connectivity index (χ1n) is 7.50. The first-order valence-corrected chi connectivity index (χ1v) is 10.5. The fourth-order valence-corrected chi connectivity index (χ4v) is 4.20. The SMILES string of the molecule is COc1nc(SC)ncc1/C=C1/SCCN1C(=O)c1ccccc1Br. The first kappa shape index (κ1) is 18.3. The molecule has 3 rings (SSSR count). The third-order valence-corrected chi connectivity index (χ3v) is 5.87. The van der Waals surface area contributed by atoms with Crippen LogP contribution in [0.1, 0.15) is 15.9 Å². The van der Waals surface area contributed by atoms with E-state index in [1.165, 1.54) is 11.8 Å². The van der Waals surface area contributed by atoms with Gasteiger partial charge in [-0.3, -0.25) is 4.79 Å². The summed E-state index contributed by atoms with van der Waals surface area (Å²) >= 11 is 6.55. The van der Waals surface area contributed by atoms with Gasteiger partial charge in [0.1, 0.15) is 0 Å². The number of rotatable bonds is 4. The number of halogens is 1. The van der Waals surface area contributed by atoms with Crippen molar-refractivity contribution in [1.29, 1.82) is 0 Å². The molecular formula is C17H16BrN3O2S2. The second-order valence-corrected chi connectivity index (χ2v) is 7.83. The van der Waals surface area contributed by atoms with Gasteiger partial charge in [0.05, 0.1) is 23.3 Å². The molecule has 1 aromatic carbocycles. The van der Waals surface area contributed by atoms with Crippen molar-refractivity contribution in [1.82, 2.24) is 14.9 Å². The fourth-order valence-electron chi connectivity index (χ4n) is 2.39. The molecule has 8 heteroatoms. The molecule has 0 unspecified atom stereocenters. The molecule has 1 fully saturated rings. The first-order chi connectivity index (χ1) is 12.1. The number of nitrogens with zero attached hydrogens (tertiary/aromatic N) is 3. The Morgan fingerprint density at radius 2 is 2.24 bits per heavy atom. The molecule has 5 nitrogen and oxygen atoms in total. The summed E-state index contributed by atoms with van der Waals surface area (Å²) in [6.45, 7) is 0.669. The van der Waals surface area contributed by atoms with Crippen molar-refractivity contribution < 1.29 is 9.53 Å². The number of carbonyl (C=O) groups excluding carboxylic acids is 1. The predicted octanol–water partition coefficient (Wildman–Crippen LogP) is 4.16. The van der Waals surface area contributed by atoms with Gasteiger partial charge in [-0.2, -0.15) is 4.98 Å². The molecule has 0 spiro atoms. The lowest BCUT2D eigenvalue weighted by molar-refractivity contribution is 0.0830. The highest BCUT2D eigenvalue weighted by Gasteiger charge is 2.26. The Kier molecular flexibility index (Phi) is 6.03. The molecule has 0 N–H and O–H groups in total. The van der Waals surface area contributed by atoms with Crippen molar-refractivity contribution in [2.45, 2.75) is 5.16 Å². The van der Waals surface area contributed by atoms with Crippen LogP contribution >= 0.6 is 39.5 Å². The molecule has 0 aliphatic carbocycles. The minimum absolute atomic E-state index is 0.0238. The van der Waals surface area contributed by atoms with Gasteiger partial charge in [0.15, 0.2) is 5.16 Å². The van der Waals surface area contributed by atoms with Crippen LogP contribution in [-0.2, 0) is 0 Å². The summed E-state index contributed by atoms with van der Waals surface area (Å²) in [5, 5.41) is 1.53. The van der Waals surface area contributed by atoms with Crippen LogP contribution in [-0.4, -0.2) is 46.4 Å². The minimum atomic E-state index is -0.0238. The zero-order chi connectivity index (χ0) is 17.8. The molecule has 2 heterocycles. The van der Waals surface area contributed by atoms with Gasteiger partial charge in [0, 0.05) is 23.0 Å². The molecule has 2 aromatic rings. The molecule has 1 aliphatic rings. The van der Waals surface area contributed by atoms with Gasteiger partial charge < -0.3 is 9.64 Å². The van der Waals surface area contributed by atoms with Gasteiger partial charge >= 0.3 is 0 Å². The maximum atomic E-state index is 12.9. The third kappa shape index (κ3) is 4.02. The molecular weight excluding hydrogens is 422 g/mol. The highest BCUT2D eigenvalue weighted by molar-refractivity contribution is 9.10. The smallest absolute Gasteiger partial charge is 0.259 e. The molecule has 1 amide bonds. The highest BCUT2D eigenvalue weighted by Crippen LogP contribution is 2.33. The molecule has 0 radical (unpaired) electrons. The van der Waals surface area contributed by atoms with Crippen LogP contribution in [0, 0.1) is 0 Å². The summed E-state index contributed by atoms with van der Waals surface area (Å²) in [5.41, 5.74) is 1.41. The molecule has 130 valence electrons. The van der Waals surface area contributed by atoms with E-state index < -0.39 is 0 Å². The number of hydrogen-bond acceptors (Lipinski definition) is 6. The average molecular weight is 438 g/mol. The Morgan fingerprint density at radius 1 is 1.44 bits per heavy atom. The van der Waals surface area contributed by atoms with E-state index in [2.05, 4.69) is 25.9 Å². The standard InChI is InChI=1S/C17H16BrN3O2S2/c1-23-15-11(10-19-17(20-15)24-2)9-14-21(7-8-25-14)16(22)12-5-3-4-6-13(12)18/h3-6,9-10H,7-8H2,1-2H3/b14-9+. The van der Waals surface area contributed by atoms with Crippen molar-refractivity contribution >= 4 is 51.4 Å². The molecule has 0 bridgehead atoms. The summed E-state index contributed by atoms with van der Waals surface area (Å²) in [5.74, 6) is 1.34. The van der Waals surface area contributed by atoms with E-state index in [1.807, 2.05) is 36.6 Å². The Balaban J connectivity index is 1.93. The van der Waals surface area contributed by atoms with E-state index in [-0.39, 0.29) is 5.91 Å². The maximum Gasteiger partial charge on any atom is 0.259 e. The average Bonchev–Trinajstić information content (AvgIpc) is 3.10. The van der Waals surface area contributed by atoms with E-state index in [9.17, 15) is 4.79 Å². The van der Waals surface area contributed by atoms with E-state index in [0.717, 1.165) is 20.8 Å². The van der Waals surface area contributed by atoms with Crippen LogP contribution < -0.4 is 4.74 Å². The van der Waals surface area contributed by atoms with Crippen LogP contribution in [0.5, 0.6) is 5.88 Å². The van der Waals surface area contributed by atoms with Crippen molar-refractivity contribution in [3.05, 3.63) is 51.1 Å². The summed E-state index contributed by atoms with van der Waals surface area (Å²) in [7, 11) is 1.58. The number of thioether (sulfide) groups is 2. The van der Waals surface area contributed by atoms with Gasteiger partial charge in [0.2, 0.25) is 5.88 Å². The van der Waals surface area contributed by atoms with Crippen molar-refractivity contribution in [2.24, 2.45) is 0 Å². The Hall–Kier alpha value is -1.51. The van der Waals surface area contributed by atoms with Crippen LogP contribution in [0.25, 0.3) is 6.08 Å². The zero-order valence-corrected chi connectivity index (χ0v) is 16.9. The lowest BCUT2D eigenvalue weighted by Gasteiger charge is -2.18. The van der Waals surface area contributed by atoms with Gasteiger partial charge in [-0.05, 0) is 40.4 Å². The van der Waals surface area contributed by atoms with E-state index in [0.29, 0.717) is 23.1 Å². The Bertz CT molecular complexity index is 829. The number of ether oxygens (including phenoxy) is 1. The number of methoxy groups -OCH3 is 1. The topological polar surface area (TPSA) is 55.3 Å². The van der Waals surface area contributed by atoms with Gasteiger partial charge in [0.25, 0.3) is 5.91 Å². The summed E-state index contributed by atoms with van der Waals surface area (Å²) < 4.78 is 6.16. The summed E-state index contributed by atoms with van der Waals surface area (Å²) in [6, 6.07) is 7.45. The van der Waals surface area contributed by atoms with E-state index in [4.69, 9.17) is 4.74 Å². The van der Waals surface area contributed by atoms with Gasteiger partial charge in [-0.25, -0.2) is 4.98 Å². The largest absolute Gasteiger partial charge is 0.480 e. The van der Waals surface area contributed by atoms with Crippen LogP contribution in [0.3, 0.4) is 0 Å². The molecule has 1 saturated heterocycles. The monoisotopic (exact) mass is 437 g/mol. The second kappa shape index (κ2) is 8.25. The summed E-state index contributed by atoms with van der Waals surface area (Å²) in [4.78, 5) is 23.3. The molecule has 0 saturated carbocycles. The molecule has 1 aromatic heterocycles. The van der Waals surface area contributed by atoms with Crippen LogP contribution in [0.2, 0.25) is 0 Å². The number of amides is 1. The Labute approximate surface area is 163 Å². The second-order valence-electron chi connectivity index (χ2n) is 5.09. The number of carbonyl (C=O) groups is 1.